The molecule has 158 valence electrons. The number of amides is 2. The summed E-state index contributed by atoms with van der Waals surface area (Å²) < 4.78 is 0. The van der Waals surface area contributed by atoms with Gasteiger partial charge in [0.15, 0.2) is 11.6 Å². The summed E-state index contributed by atoms with van der Waals surface area (Å²) in [6.07, 6.45) is 0. The molecule has 0 atom stereocenters. The van der Waals surface area contributed by atoms with Crippen molar-refractivity contribution in [3.8, 4) is 0 Å². The quantitative estimate of drug-likeness (QED) is 0.219. The Kier molecular flexibility index (Phi) is 5.19. The van der Waals surface area contributed by atoms with E-state index in [0.717, 1.165) is 22.1 Å². The van der Waals surface area contributed by atoms with Crippen LogP contribution in [0.5, 0.6) is 0 Å². The van der Waals surface area contributed by atoms with Gasteiger partial charge in [0.1, 0.15) is 0 Å². The molecule has 2 amide bonds. The molecule has 0 spiro atoms. The fourth-order valence-electron chi connectivity index (χ4n) is 3.36. The van der Waals surface area contributed by atoms with Crippen LogP contribution in [0.25, 0.3) is 21.8 Å². The minimum atomic E-state index is -0.408. The largest absolute Gasteiger partial charge is 0.324 e. The number of hydrazine groups is 1. The fraction of sp³-hybridized carbons (Fsp3) is 0. The zero-order valence-corrected chi connectivity index (χ0v) is 17.4. The van der Waals surface area contributed by atoms with E-state index in [1.165, 1.54) is 0 Å². The number of fused-ring (bicyclic) bond motifs is 3. The second-order valence-electron chi connectivity index (χ2n) is 7.00. The van der Waals surface area contributed by atoms with Crippen molar-refractivity contribution in [2.24, 2.45) is 0 Å². The maximum atomic E-state index is 12.6. The first kappa shape index (κ1) is 19.7. The molecule has 0 aliphatic heterocycles. The van der Waals surface area contributed by atoms with E-state index in [1.54, 1.807) is 24.3 Å². The summed E-state index contributed by atoms with van der Waals surface area (Å²) in [5.74, 6) is 0.865. The number of hydrogen-bond donors (Lipinski definition) is 5. The van der Waals surface area contributed by atoms with Gasteiger partial charge in [0.25, 0.3) is 0 Å². The molecule has 5 rings (SSSR count). The summed E-state index contributed by atoms with van der Waals surface area (Å²) in [5.41, 5.74) is 9.26. The van der Waals surface area contributed by atoms with Gasteiger partial charge in [-0.05, 0) is 42.5 Å². The average Bonchev–Trinajstić information content (AvgIpc) is 3.23. The Morgan fingerprint density at radius 3 is 2.34 bits per heavy atom. The summed E-state index contributed by atoms with van der Waals surface area (Å²) >= 11 is 5.97. The molecule has 5 aromatic rings. The molecule has 0 unspecified atom stereocenters. The van der Waals surface area contributed by atoms with Gasteiger partial charge >= 0.3 is 6.03 Å². The maximum Gasteiger partial charge on any atom is 0.324 e. The fourth-order valence-corrected chi connectivity index (χ4v) is 3.49. The van der Waals surface area contributed by atoms with E-state index in [1.807, 2.05) is 54.6 Å². The van der Waals surface area contributed by atoms with Crippen LogP contribution >= 0.6 is 11.6 Å². The Labute approximate surface area is 188 Å². The number of carbonyl (C=O) groups is 1. The lowest BCUT2D eigenvalue weighted by Gasteiger charge is -2.12. The number of halogens is 1. The number of urea groups is 1. The van der Waals surface area contributed by atoms with Crippen LogP contribution in [0.1, 0.15) is 0 Å². The lowest BCUT2D eigenvalue weighted by Crippen LogP contribution is -2.20. The van der Waals surface area contributed by atoms with Crippen molar-refractivity contribution in [2.75, 3.05) is 21.5 Å². The molecule has 32 heavy (non-hydrogen) atoms. The number of carbonyl (C=O) groups excluding carboxylic acids is 1. The predicted molar refractivity (Wildman–Crippen MR) is 129 cm³/mol. The molecule has 5 N–H and O–H groups in total. The summed E-state index contributed by atoms with van der Waals surface area (Å²) in [7, 11) is 0. The zero-order valence-electron chi connectivity index (χ0n) is 16.7. The van der Waals surface area contributed by atoms with Gasteiger partial charge in [-0.15, -0.1) is 0 Å². The molecule has 0 fully saturated rings. The molecule has 2 heterocycles. The van der Waals surface area contributed by atoms with Crippen molar-refractivity contribution in [2.45, 2.75) is 0 Å². The highest BCUT2D eigenvalue weighted by Crippen LogP contribution is 2.33. The molecule has 0 bridgehead atoms. The van der Waals surface area contributed by atoms with E-state index in [2.05, 4.69) is 31.7 Å². The summed E-state index contributed by atoms with van der Waals surface area (Å²) in [6.45, 7) is 0. The maximum absolute atomic E-state index is 12.6. The summed E-state index contributed by atoms with van der Waals surface area (Å²) in [5, 5.41) is 15.1. The number of hydrogen-bond acceptors (Lipinski definition) is 5. The number of nitrogens with one attached hydrogen (secondary N) is 5. The number of pyridine rings is 1. The van der Waals surface area contributed by atoms with Crippen molar-refractivity contribution < 1.29 is 4.79 Å². The summed E-state index contributed by atoms with van der Waals surface area (Å²) in [4.78, 5) is 17.3. The number of anilines is 4. The number of aromatic nitrogens is 3. The topological polar surface area (TPSA) is 107 Å². The molecule has 0 aliphatic rings. The standard InChI is InChI=1S/C23H18ClN7O/c24-14-10-12-16(13-11-14)28-30-21-19-20(17-8-4-5-9-18(17)26-21)29-31-22(19)27-23(32)25-15-6-2-1-3-7-15/h1-13,28H,(H,26,30)(H3,25,27,29,31,32). The highest BCUT2D eigenvalue weighted by Gasteiger charge is 2.17. The SMILES string of the molecule is O=C(Nc1ccccc1)Nc1n[nH]c2c1c(NNc1ccc(Cl)cc1)nc1ccccc12. The molecule has 3 aromatic carbocycles. The Balaban J connectivity index is 1.49. The van der Waals surface area contributed by atoms with E-state index in [9.17, 15) is 4.79 Å². The second kappa shape index (κ2) is 8.44. The van der Waals surface area contributed by atoms with E-state index in [0.29, 0.717) is 27.7 Å². The number of para-hydroxylation sites is 2. The Morgan fingerprint density at radius 2 is 1.53 bits per heavy atom. The van der Waals surface area contributed by atoms with Gasteiger partial charge in [-0.1, -0.05) is 48.0 Å². The van der Waals surface area contributed by atoms with Crippen molar-refractivity contribution >= 4 is 62.4 Å². The monoisotopic (exact) mass is 443 g/mol. The lowest BCUT2D eigenvalue weighted by molar-refractivity contribution is 0.262. The van der Waals surface area contributed by atoms with Gasteiger partial charge in [-0.25, -0.2) is 9.78 Å². The van der Waals surface area contributed by atoms with Gasteiger partial charge in [-0.3, -0.25) is 21.3 Å². The van der Waals surface area contributed by atoms with Gasteiger partial charge in [0.2, 0.25) is 0 Å². The van der Waals surface area contributed by atoms with Crippen LogP contribution in [0.2, 0.25) is 5.02 Å². The van der Waals surface area contributed by atoms with E-state index < -0.39 is 6.03 Å². The van der Waals surface area contributed by atoms with Crippen LogP contribution in [0.4, 0.5) is 27.8 Å². The molecule has 0 saturated heterocycles. The molecule has 8 nitrogen and oxygen atoms in total. The normalized spacial score (nSPS) is 10.8. The molecule has 2 aromatic heterocycles. The van der Waals surface area contributed by atoms with Crippen LogP contribution in [-0.2, 0) is 0 Å². The predicted octanol–water partition coefficient (Wildman–Crippen LogP) is 5.85. The smallest absolute Gasteiger partial charge is 0.308 e. The number of nitrogens with zero attached hydrogens (tertiary/aromatic N) is 2. The van der Waals surface area contributed by atoms with Crippen molar-refractivity contribution in [1.29, 1.82) is 0 Å². The van der Waals surface area contributed by atoms with Gasteiger partial charge in [0.05, 0.1) is 22.1 Å². The third-order valence-electron chi connectivity index (χ3n) is 4.84. The Morgan fingerprint density at radius 1 is 0.781 bits per heavy atom. The van der Waals surface area contributed by atoms with Crippen LogP contribution in [0, 0.1) is 0 Å². The first-order chi connectivity index (χ1) is 15.7. The number of aromatic amines is 1. The first-order valence-electron chi connectivity index (χ1n) is 9.85. The highest BCUT2D eigenvalue weighted by atomic mass is 35.5. The van der Waals surface area contributed by atoms with Crippen molar-refractivity contribution in [3.63, 3.8) is 0 Å². The summed E-state index contributed by atoms with van der Waals surface area (Å²) in [6, 6.07) is 23.7. The molecule has 9 heteroatoms. The van der Waals surface area contributed by atoms with E-state index in [4.69, 9.17) is 16.6 Å². The van der Waals surface area contributed by atoms with E-state index in [-0.39, 0.29) is 0 Å². The van der Waals surface area contributed by atoms with Crippen LogP contribution in [0.3, 0.4) is 0 Å². The molecule has 0 aliphatic carbocycles. The first-order valence-corrected chi connectivity index (χ1v) is 10.2. The van der Waals surface area contributed by atoms with Gasteiger partial charge in [0, 0.05) is 16.1 Å². The third-order valence-corrected chi connectivity index (χ3v) is 5.09. The molecule has 0 saturated carbocycles. The number of benzene rings is 3. The second-order valence-corrected chi connectivity index (χ2v) is 7.44. The van der Waals surface area contributed by atoms with Gasteiger partial charge in [-0.2, -0.15) is 5.10 Å². The third kappa shape index (κ3) is 3.99. The molecular formula is C23H18ClN7O. The molecular weight excluding hydrogens is 426 g/mol. The van der Waals surface area contributed by atoms with Crippen molar-refractivity contribution in [3.05, 3.63) is 83.9 Å². The lowest BCUT2D eigenvalue weighted by atomic mass is 10.1. The number of rotatable bonds is 5. The minimum absolute atomic E-state index is 0.354. The van der Waals surface area contributed by atoms with Crippen LogP contribution < -0.4 is 21.5 Å². The molecule has 0 radical (unpaired) electrons. The number of H-pyrrole nitrogens is 1. The Hall–Kier alpha value is -4.30. The van der Waals surface area contributed by atoms with Gasteiger partial charge < -0.3 is 5.32 Å². The minimum Gasteiger partial charge on any atom is -0.308 e. The van der Waals surface area contributed by atoms with Crippen LogP contribution in [0.15, 0.2) is 78.9 Å². The van der Waals surface area contributed by atoms with Crippen molar-refractivity contribution in [1.82, 2.24) is 15.2 Å². The average molecular weight is 444 g/mol. The Bertz CT molecular complexity index is 1400. The zero-order chi connectivity index (χ0) is 21.9. The van der Waals surface area contributed by atoms with E-state index >= 15 is 0 Å². The van der Waals surface area contributed by atoms with Crippen LogP contribution in [-0.4, -0.2) is 21.2 Å². The highest BCUT2D eigenvalue weighted by molar-refractivity contribution is 6.30.